The molecule has 2 fully saturated rings. The average molecular weight is 240 g/mol. The Morgan fingerprint density at radius 1 is 1.41 bits per heavy atom. The fourth-order valence-electron chi connectivity index (χ4n) is 2.70. The maximum Gasteiger partial charge on any atom is 0.239 e. The van der Waals surface area contributed by atoms with Crippen LogP contribution in [0.1, 0.15) is 32.6 Å². The second-order valence-electron chi connectivity index (χ2n) is 5.11. The number of carbonyl (C=O) groups is 1. The molecule has 4 heteroatoms. The largest absolute Gasteiger partial charge is 0.381 e. The minimum Gasteiger partial charge on any atom is -0.381 e. The van der Waals surface area contributed by atoms with E-state index in [0.29, 0.717) is 11.8 Å². The van der Waals surface area contributed by atoms with E-state index in [1.54, 1.807) is 0 Å². The molecule has 2 atom stereocenters. The molecular weight excluding hydrogens is 216 g/mol. The quantitative estimate of drug-likeness (QED) is 0.797. The molecule has 0 aromatic heterocycles. The van der Waals surface area contributed by atoms with Gasteiger partial charge in [-0.05, 0) is 32.7 Å². The Morgan fingerprint density at radius 3 is 2.88 bits per heavy atom. The Bertz CT molecular complexity index is 246. The number of likely N-dealkylation sites (N-methyl/N-ethyl adjacent to an activating group) is 1. The van der Waals surface area contributed by atoms with Gasteiger partial charge < -0.3 is 15.0 Å². The zero-order valence-electron chi connectivity index (χ0n) is 10.8. The highest BCUT2D eigenvalue weighted by Crippen LogP contribution is 2.16. The maximum atomic E-state index is 12.3. The average Bonchev–Trinajstić information content (AvgIpc) is 2.89. The van der Waals surface area contributed by atoms with Crippen molar-refractivity contribution in [1.29, 1.82) is 0 Å². The second-order valence-corrected chi connectivity index (χ2v) is 5.11. The number of rotatable bonds is 4. The fourth-order valence-corrected chi connectivity index (χ4v) is 2.70. The van der Waals surface area contributed by atoms with E-state index in [4.69, 9.17) is 4.74 Å². The molecule has 2 aliphatic rings. The van der Waals surface area contributed by atoms with Crippen molar-refractivity contribution in [2.75, 3.05) is 32.8 Å². The van der Waals surface area contributed by atoms with Gasteiger partial charge in [0.25, 0.3) is 0 Å². The number of piperidine rings is 1. The normalized spacial score (nSPS) is 29.2. The molecule has 1 unspecified atom stereocenters. The first-order valence-corrected chi connectivity index (χ1v) is 6.91. The molecule has 0 bridgehead atoms. The number of nitrogens with one attached hydrogen (secondary N) is 1. The van der Waals surface area contributed by atoms with Crippen molar-refractivity contribution < 1.29 is 9.53 Å². The zero-order chi connectivity index (χ0) is 12.1. The molecule has 0 spiro atoms. The van der Waals surface area contributed by atoms with Crippen LogP contribution in [0.5, 0.6) is 0 Å². The molecule has 0 aromatic carbocycles. The molecule has 98 valence electrons. The summed E-state index contributed by atoms with van der Waals surface area (Å²) in [5.74, 6) is 0.835. The minimum absolute atomic E-state index is 0.0611. The molecule has 2 saturated heterocycles. The summed E-state index contributed by atoms with van der Waals surface area (Å²) in [5, 5.41) is 3.34. The Balaban J connectivity index is 1.84. The lowest BCUT2D eigenvalue weighted by Crippen LogP contribution is -2.49. The molecule has 4 nitrogen and oxygen atoms in total. The van der Waals surface area contributed by atoms with Gasteiger partial charge >= 0.3 is 0 Å². The van der Waals surface area contributed by atoms with E-state index in [1.165, 1.54) is 12.8 Å². The first-order chi connectivity index (χ1) is 8.31. The molecule has 0 aromatic rings. The van der Waals surface area contributed by atoms with E-state index in [2.05, 4.69) is 12.2 Å². The monoisotopic (exact) mass is 240 g/mol. The Morgan fingerprint density at radius 2 is 2.29 bits per heavy atom. The third-order valence-corrected chi connectivity index (χ3v) is 3.80. The fraction of sp³-hybridized carbons (Fsp3) is 0.923. The smallest absolute Gasteiger partial charge is 0.239 e. The van der Waals surface area contributed by atoms with Crippen molar-refractivity contribution in [3.05, 3.63) is 0 Å². The zero-order valence-corrected chi connectivity index (χ0v) is 10.8. The molecule has 2 rings (SSSR count). The van der Waals surface area contributed by atoms with Crippen LogP contribution in [0.4, 0.5) is 0 Å². The number of hydrogen-bond donors (Lipinski definition) is 1. The molecule has 1 amide bonds. The van der Waals surface area contributed by atoms with Crippen LogP contribution in [0, 0.1) is 5.92 Å². The highest BCUT2D eigenvalue weighted by Gasteiger charge is 2.27. The van der Waals surface area contributed by atoms with Crippen LogP contribution in [0.15, 0.2) is 0 Å². The summed E-state index contributed by atoms with van der Waals surface area (Å²) >= 11 is 0. The van der Waals surface area contributed by atoms with E-state index < -0.39 is 0 Å². The summed E-state index contributed by atoms with van der Waals surface area (Å²) in [7, 11) is 0. The standard InChI is InChI=1S/C13H24N2O2/c1-2-15(9-11-6-8-17-10-11)13(16)12-5-3-4-7-14-12/h11-12,14H,2-10H2,1H3/t11?,12-/m1/s1. The van der Waals surface area contributed by atoms with Crippen LogP contribution in [0.2, 0.25) is 0 Å². The van der Waals surface area contributed by atoms with Crippen molar-refractivity contribution in [3.8, 4) is 0 Å². The lowest BCUT2D eigenvalue weighted by atomic mass is 10.0. The van der Waals surface area contributed by atoms with Gasteiger partial charge in [0.15, 0.2) is 0 Å². The van der Waals surface area contributed by atoms with Gasteiger partial charge in [0, 0.05) is 25.6 Å². The molecule has 0 saturated carbocycles. The lowest BCUT2D eigenvalue weighted by molar-refractivity contribution is -0.134. The van der Waals surface area contributed by atoms with E-state index in [0.717, 1.165) is 45.7 Å². The number of amides is 1. The van der Waals surface area contributed by atoms with Crippen LogP contribution in [-0.4, -0.2) is 49.7 Å². The third kappa shape index (κ3) is 3.42. The molecule has 1 N–H and O–H groups in total. The Hall–Kier alpha value is -0.610. The van der Waals surface area contributed by atoms with Crippen LogP contribution in [0.3, 0.4) is 0 Å². The third-order valence-electron chi connectivity index (χ3n) is 3.80. The summed E-state index contributed by atoms with van der Waals surface area (Å²) in [6, 6.07) is 0.0611. The molecule has 17 heavy (non-hydrogen) atoms. The lowest BCUT2D eigenvalue weighted by Gasteiger charge is -2.30. The van der Waals surface area contributed by atoms with Crippen molar-refractivity contribution in [3.63, 3.8) is 0 Å². The maximum absolute atomic E-state index is 12.3. The van der Waals surface area contributed by atoms with Gasteiger partial charge in [0.1, 0.15) is 0 Å². The van der Waals surface area contributed by atoms with Crippen LogP contribution < -0.4 is 5.32 Å². The number of hydrogen-bond acceptors (Lipinski definition) is 3. The van der Waals surface area contributed by atoms with Gasteiger partial charge in [0.05, 0.1) is 12.6 Å². The van der Waals surface area contributed by atoms with E-state index >= 15 is 0 Å². The second kappa shape index (κ2) is 6.36. The van der Waals surface area contributed by atoms with Crippen LogP contribution >= 0.6 is 0 Å². The predicted molar refractivity (Wildman–Crippen MR) is 66.8 cm³/mol. The van der Waals surface area contributed by atoms with E-state index in [9.17, 15) is 4.79 Å². The van der Waals surface area contributed by atoms with Gasteiger partial charge in [-0.15, -0.1) is 0 Å². The van der Waals surface area contributed by atoms with Gasteiger partial charge in [-0.3, -0.25) is 4.79 Å². The molecule has 2 aliphatic heterocycles. The molecule has 0 radical (unpaired) electrons. The van der Waals surface area contributed by atoms with Crippen LogP contribution in [0.25, 0.3) is 0 Å². The van der Waals surface area contributed by atoms with Gasteiger partial charge in [-0.25, -0.2) is 0 Å². The van der Waals surface area contributed by atoms with Crippen molar-refractivity contribution >= 4 is 5.91 Å². The van der Waals surface area contributed by atoms with Crippen molar-refractivity contribution in [2.24, 2.45) is 5.92 Å². The number of nitrogens with zero attached hydrogens (tertiary/aromatic N) is 1. The first kappa shape index (κ1) is 12.8. The summed E-state index contributed by atoms with van der Waals surface area (Å²) in [6.07, 6.45) is 4.47. The van der Waals surface area contributed by atoms with Gasteiger partial charge in [0.2, 0.25) is 5.91 Å². The first-order valence-electron chi connectivity index (χ1n) is 6.91. The highest BCUT2D eigenvalue weighted by molar-refractivity contribution is 5.82. The molecule has 2 heterocycles. The SMILES string of the molecule is CCN(CC1CCOC1)C(=O)[C@H]1CCCCN1. The highest BCUT2D eigenvalue weighted by atomic mass is 16.5. The topological polar surface area (TPSA) is 41.6 Å². The Kier molecular flexibility index (Phi) is 4.80. The van der Waals surface area contributed by atoms with Crippen molar-refractivity contribution in [1.82, 2.24) is 10.2 Å². The minimum atomic E-state index is 0.0611. The summed E-state index contributed by atoms with van der Waals surface area (Å²) < 4.78 is 5.37. The summed E-state index contributed by atoms with van der Waals surface area (Å²) in [6.45, 7) is 6.41. The number of carbonyl (C=O) groups excluding carboxylic acids is 1. The Labute approximate surface area is 104 Å². The molecular formula is C13H24N2O2. The van der Waals surface area contributed by atoms with Gasteiger partial charge in [-0.1, -0.05) is 6.42 Å². The van der Waals surface area contributed by atoms with Crippen molar-refractivity contribution in [2.45, 2.75) is 38.6 Å². The van der Waals surface area contributed by atoms with Gasteiger partial charge in [-0.2, -0.15) is 0 Å². The van der Waals surface area contributed by atoms with Crippen LogP contribution in [-0.2, 0) is 9.53 Å². The summed E-state index contributed by atoms with van der Waals surface area (Å²) in [4.78, 5) is 14.3. The predicted octanol–water partition coefficient (Wildman–Crippen LogP) is 1.01. The summed E-state index contributed by atoms with van der Waals surface area (Å²) in [5.41, 5.74) is 0. The van der Waals surface area contributed by atoms with E-state index in [-0.39, 0.29) is 6.04 Å². The number of ether oxygens (including phenoxy) is 1. The molecule has 0 aliphatic carbocycles. The van der Waals surface area contributed by atoms with E-state index in [1.807, 2.05) is 4.90 Å².